The van der Waals surface area contributed by atoms with Gasteiger partial charge in [0.15, 0.2) is 5.78 Å². The van der Waals surface area contributed by atoms with Crippen LogP contribution in [0.5, 0.6) is 0 Å². The van der Waals surface area contributed by atoms with Gasteiger partial charge in [0.1, 0.15) is 6.04 Å². The van der Waals surface area contributed by atoms with E-state index in [1.165, 1.54) is 0 Å². The van der Waals surface area contributed by atoms with Gasteiger partial charge in [-0.15, -0.1) is 0 Å². The Labute approximate surface area is 125 Å². The Morgan fingerprint density at radius 1 is 1.38 bits per heavy atom. The minimum absolute atomic E-state index is 0.0179. The van der Waals surface area contributed by atoms with E-state index in [2.05, 4.69) is 0 Å². The highest BCUT2D eigenvalue weighted by molar-refractivity contribution is 6.01. The summed E-state index contributed by atoms with van der Waals surface area (Å²) in [6.07, 6.45) is 0. The number of Topliss-reactive ketones (excluding diaryl/α,β-unsaturated/α-hetero) is 1. The Kier molecular flexibility index (Phi) is 4.75. The van der Waals surface area contributed by atoms with E-state index in [0.717, 1.165) is 11.1 Å². The highest BCUT2D eigenvalue weighted by atomic mass is 16.5. The standard InChI is InChI=1S/C16H22N2O3/c1-10-4-5-11(2)13(8-10)15(19)12(3)18-6-7-21-9-14(18)16(17)20/h4-5,8,12,14H,6-7,9H2,1-3H3,(H2,17,20). The van der Waals surface area contributed by atoms with E-state index in [-0.39, 0.29) is 12.4 Å². The van der Waals surface area contributed by atoms with Crippen molar-refractivity contribution in [3.8, 4) is 0 Å². The van der Waals surface area contributed by atoms with Gasteiger partial charge in [-0.3, -0.25) is 14.5 Å². The van der Waals surface area contributed by atoms with Crippen LogP contribution in [0.25, 0.3) is 0 Å². The zero-order chi connectivity index (χ0) is 15.6. The second-order valence-electron chi connectivity index (χ2n) is 5.59. The maximum Gasteiger partial charge on any atom is 0.237 e. The summed E-state index contributed by atoms with van der Waals surface area (Å²) in [6.45, 7) is 7.00. The van der Waals surface area contributed by atoms with Crippen molar-refractivity contribution in [2.75, 3.05) is 19.8 Å². The highest BCUT2D eigenvalue weighted by Gasteiger charge is 2.34. The lowest BCUT2D eigenvalue weighted by molar-refractivity contribution is -0.130. The highest BCUT2D eigenvalue weighted by Crippen LogP contribution is 2.18. The number of primary amides is 1. The summed E-state index contributed by atoms with van der Waals surface area (Å²) in [6, 6.07) is 4.89. The molecule has 2 atom stereocenters. The summed E-state index contributed by atoms with van der Waals surface area (Å²) in [5.74, 6) is -0.431. The molecule has 114 valence electrons. The van der Waals surface area contributed by atoms with Crippen molar-refractivity contribution in [1.29, 1.82) is 0 Å². The van der Waals surface area contributed by atoms with E-state index in [4.69, 9.17) is 10.5 Å². The number of hydrogen-bond acceptors (Lipinski definition) is 4. The second-order valence-corrected chi connectivity index (χ2v) is 5.59. The molecule has 1 aromatic rings. The average molecular weight is 290 g/mol. The molecule has 1 aliphatic rings. The molecule has 0 saturated carbocycles. The van der Waals surface area contributed by atoms with Gasteiger partial charge < -0.3 is 10.5 Å². The number of carbonyl (C=O) groups excluding carboxylic acids is 2. The van der Waals surface area contributed by atoms with E-state index in [1.54, 1.807) is 0 Å². The summed E-state index contributed by atoms with van der Waals surface area (Å²) < 4.78 is 5.30. The number of aryl methyl sites for hydroxylation is 2. The maximum absolute atomic E-state index is 12.8. The smallest absolute Gasteiger partial charge is 0.237 e. The molecule has 2 N–H and O–H groups in total. The van der Waals surface area contributed by atoms with Crippen LogP contribution in [0.15, 0.2) is 18.2 Å². The molecule has 5 heteroatoms. The van der Waals surface area contributed by atoms with Crippen LogP contribution in [0.3, 0.4) is 0 Å². The molecule has 2 unspecified atom stereocenters. The molecule has 1 amide bonds. The van der Waals surface area contributed by atoms with Crippen LogP contribution in [-0.4, -0.2) is 48.4 Å². The monoisotopic (exact) mass is 290 g/mol. The number of ketones is 1. The number of amides is 1. The predicted octanol–water partition coefficient (Wildman–Crippen LogP) is 1.06. The van der Waals surface area contributed by atoms with Crippen molar-refractivity contribution in [3.05, 3.63) is 34.9 Å². The lowest BCUT2D eigenvalue weighted by atomic mass is 9.96. The summed E-state index contributed by atoms with van der Waals surface area (Å²) in [4.78, 5) is 26.1. The molecular formula is C16H22N2O3. The van der Waals surface area contributed by atoms with Gasteiger partial charge in [0.05, 0.1) is 19.3 Å². The number of rotatable bonds is 4. The molecule has 0 bridgehead atoms. The first kappa shape index (κ1) is 15.7. The first-order chi connectivity index (χ1) is 9.91. The molecule has 5 nitrogen and oxygen atoms in total. The van der Waals surface area contributed by atoms with Crippen LogP contribution in [0.4, 0.5) is 0 Å². The lowest BCUT2D eigenvalue weighted by Gasteiger charge is -2.37. The van der Waals surface area contributed by atoms with Gasteiger partial charge in [-0.1, -0.05) is 17.7 Å². The third-order valence-electron chi connectivity index (χ3n) is 4.03. The third-order valence-corrected chi connectivity index (χ3v) is 4.03. The zero-order valence-electron chi connectivity index (χ0n) is 12.8. The fraction of sp³-hybridized carbons (Fsp3) is 0.500. The van der Waals surface area contributed by atoms with Crippen molar-refractivity contribution in [3.63, 3.8) is 0 Å². The largest absolute Gasteiger partial charge is 0.378 e. The first-order valence-electron chi connectivity index (χ1n) is 7.16. The van der Waals surface area contributed by atoms with Crippen LogP contribution in [0, 0.1) is 13.8 Å². The molecule has 0 spiro atoms. The lowest BCUT2D eigenvalue weighted by Crippen LogP contribution is -2.57. The van der Waals surface area contributed by atoms with Crippen molar-refractivity contribution in [1.82, 2.24) is 4.90 Å². The Bertz CT molecular complexity index is 556. The number of benzene rings is 1. The van der Waals surface area contributed by atoms with Crippen LogP contribution in [-0.2, 0) is 9.53 Å². The van der Waals surface area contributed by atoms with Crippen LogP contribution in [0.1, 0.15) is 28.4 Å². The van der Waals surface area contributed by atoms with Crippen LogP contribution < -0.4 is 5.73 Å². The van der Waals surface area contributed by atoms with Gasteiger partial charge in [0, 0.05) is 12.1 Å². The number of nitrogens with zero attached hydrogens (tertiary/aromatic N) is 1. The Hall–Kier alpha value is -1.72. The molecule has 1 heterocycles. The van der Waals surface area contributed by atoms with E-state index >= 15 is 0 Å². The van der Waals surface area contributed by atoms with Crippen molar-refractivity contribution in [2.24, 2.45) is 5.73 Å². The second kappa shape index (κ2) is 6.37. The van der Waals surface area contributed by atoms with E-state index in [0.29, 0.717) is 18.7 Å². The molecule has 21 heavy (non-hydrogen) atoms. The minimum atomic E-state index is -0.539. The van der Waals surface area contributed by atoms with Gasteiger partial charge in [0.25, 0.3) is 0 Å². The summed E-state index contributed by atoms with van der Waals surface area (Å²) in [7, 11) is 0. The fourth-order valence-electron chi connectivity index (χ4n) is 2.70. The van der Waals surface area contributed by atoms with Gasteiger partial charge in [0.2, 0.25) is 5.91 Å². The Morgan fingerprint density at radius 3 is 2.76 bits per heavy atom. The molecule has 1 fully saturated rings. The van der Waals surface area contributed by atoms with Crippen molar-refractivity contribution < 1.29 is 14.3 Å². The minimum Gasteiger partial charge on any atom is -0.378 e. The normalized spacial score (nSPS) is 21.0. The first-order valence-corrected chi connectivity index (χ1v) is 7.16. The average Bonchev–Trinajstić information content (AvgIpc) is 2.48. The van der Waals surface area contributed by atoms with Gasteiger partial charge >= 0.3 is 0 Å². The van der Waals surface area contributed by atoms with Crippen LogP contribution in [0.2, 0.25) is 0 Å². The number of hydrogen-bond donors (Lipinski definition) is 1. The summed E-state index contributed by atoms with van der Waals surface area (Å²) in [5, 5.41) is 0. The molecule has 1 aliphatic heterocycles. The quantitative estimate of drug-likeness (QED) is 0.842. The van der Waals surface area contributed by atoms with Crippen LogP contribution >= 0.6 is 0 Å². The third kappa shape index (κ3) is 3.31. The number of ether oxygens (including phenoxy) is 1. The maximum atomic E-state index is 12.8. The molecule has 1 saturated heterocycles. The van der Waals surface area contributed by atoms with Crippen molar-refractivity contribution >= 4 is 11.7 Å². The topological polar surface area (TPSA) is 72.6 Å². The van der Waals surface area contributed by atoms with E-state index in [9.17, 15) is 9.59 Å². The Morgan fingerprint density at radius 2 is 2.10 bits per heavy atom. The number of nitrogens with two attached hydrogens (primary N) is 1. The van der Waals surface area contributed by atoms with Gasteiger partial charge in [-0.2, -0.15) is 0 Å². The predicted molar refractivity (Wildman–Crippen MR) is 80.2 cm³/mol. The van der Waals surface area contributed by atoms with E-state index in [1.807, 2.05) is 43.9 Å². The molecule has 0 aromatic heterocycles. The molecule has 2 rings (SSSR count). The SMILES string of the molecule is Cc1ccc(C)c(C(=O)C(C)N2CCOCC2C(N)=O)c1. The fourth-order valence-corrected chi connectivity index (χ4v) is 2.70. The summed E-state index contributed by atoms with van der Waals surface area (Å²) in [5.41, 5.74) is 8.11. The molecule has 1 aromatic carbocycles. The molecule has 0 aliphatic carbocycles. The van der Waals surface area contributed by atoms with E-state index < -0.39 is 18.0 Å². The zero-order valence-corrected chi connectivity index (χ0v) is 12.8. The molecule has 0 radical (unpaired) electrons. The van der Waals surface area contributed by atoms with Crippen molar-refractivity contribution in [2.45, 2.75) is 32.9 Å². The van der Waals surface area contributed by atoms with Gasteiger partial charge in [-0.25, -0.2) is 0 Å². The number of morpholine rings is 1. The Balaban J connectivity index is 2.25. The summed E-state index contributed by atoms with van der Waals surface area (Å²) >= 11 is 0. The molecular weight excluding hydrogens is 268 g/mol. The number of carbonyl (C=O) groups is 2. The van der Waals surface area contributed by atoms with Gasteiger partial charge in [-0.05, 0) is 32.4 Å².